The molecule has 1 heterocycles. The first-order valence-electron chi connectivity index (χ1n) is 5.75. The Bertz CT molecular complexity index is 530. The second-order valence-corrected chi connectivity index (χ2v) is 4.18. The molecule has 0 radical (unpaired) electrons. The van der Waals surface area contributed by atoms with E-state index in [1.165, 1.54) is 0 Å². The van der Waals surface area contributed by atoms with E-state index in [1.54, 1.807) is 12.1 Å². The fraction of sp³-hybridized carbons (Fsp3) is 0.231. The van der Waals surface area contributed by atoms with Crippen molar-refractivity contribution >= 4 is 5.91 Å². The quantitative estimate of drug-likeness (QED) is 0.736. The van der Waals surface area contributed by atoms with E-state index < -0.39 is 5.91 Å². The lowest BCUT2D eigenvalue weighted by Crippen LogP contribution is -2.14. The number of aryl methyl sites for hydroxylation is 1. The van der Waals surface area contributed by atoms with Crippen molar-refractivity contribution in [2.24, 2.45) is 5.73 Å². The Labute approximate surface area is 105 Å². The molecule has 5 nitrogen and oxygen atoms in total. The lowest BCUT2D eigenvalue weighted by molar-refractivity contribution is 0.100. The molecular formula is C13H16N4O. The molecule has 0 atom stereocenters. The number of hydrogen-bond donors (Lipinski definition) is 3. The van der Waals surface area contributed by atoms with Crippen molar-refractivity contribution in [1.82, 2.24) is 15.5 Å². The molecule has 0 fully saturated rings. The van der Waals surface area contributed by atoms with E-state index in [0.29, 0.717) is 5.56 Å². The maximum atomic E-state index is 10.9. The highest BCUT2D eigenvalue weighted by molar-refractivity contribution is 5.92. The molecule has 1 amide bonds. The van der Waals surface area contributed by atoms with Gasteiger partial charge in [0.05, 0.1) is 6.20 Å². The number of aromatic amines is 1. The number of amides is 1. The third-order valence-electron chi connectivity index (χ3n) is 2.82. The molecule has 18 heavy (non-hydrogen) atoms. The van der Waals surface area contributed by atoms with Crippen molar-refractivity contribution in [1.29, 1.82) is 0 Å². The maximum Gasteiger partial charge on any atom is 0.248 e. The topological polar surface area (TPSA) is 83.8 Å². The number of nitrogens with zero attached hydrogens (tertiary/aromatic N) is 1. The molecule has 2 rings (SSSR count). The van der Waals surface area contributed by atoms with Gasteiger partial charge in [-0.1, -0.05) is 12.1 Å². The highest BCUT2D eigenvalue weighted by Crippen LogP contribution is 2.05. The molecule has 4 N–H and O–H groups in total. The predicted molar refractivity (Wildman–Crippen MR) is 68.8 cm³/mol. The lowest BCUT2D eigenvalue weighted by Gasteiger charge is -2.05. The van der Waals surface area contributed by atoms with Crippen molar-refractivity contribution in [3.63, 3.8) is 0 Å². The average Bonchev–Trinajstić information content (AvgIpc) is 2.76. The molecule has 1 aromatic carbocycles. The van der Waals surface area contributed by atoms with Gasteiger partial charge in [0.2, 0.25) is 5.91 Å². The van der Waals surface area contributed by atoms with E-state index in [1.807, 2.05) is 25.3 Å². The zero-order chi connectivity index (χ0) is 13.0. The minimum atomic E-state index is -0.400. The molecule has 0 aliphatic heterocycles. The number of hydrogen-bond acceptors (Lipinski definition) is 3. The van der Waals surface area contributed by atoms with Crippen LogP contribution in [-0.4, -0.2) is 16.1 Å². The van der Waals surface area contributed by atoms with Gasteiger partial charge >= 0.3 is 0 Å². The Hall–Kier alpha value is -2.14. The number of nitrogens with two attached hydrogens (primary N) is 1. The van der Waals surface area contributed by atoms with Crippen molar-refractivity contribution < 1.29 is 4.79 Å². The summed E-state index contributed by atoms with van der Waals surface area (Å²) < 4.78 is 0. The predicted octanol–water partition coefficient (Wildman–Crippen LogP) is 1.11. The van der Waals surface area contributed by atoms with Crippen LogP contribution in [0.15, 0.2) is 30.5 Å². The van der Waals surface area contributed by atoms with Crippen molar-refractivity contribution in [3.8, 4) is 0 Å². The molecule has 0 unspecified atom stereocenters. The Balaban J connectivity index is 1.87. The second kappa shape index (κ2) is 5.46. The number of primary amides is 1. The van der Waals surface area contributed by atoms with Gasteiger partial charge in [-0.25, -0.2) is 0 Å². The van der Waals surface area contributed by atoms with Gasteiger partial charge in [0.1, 0.15) is 0 Å². The minimum absolute atomic E-state index is 0.400. The van der Waals surface area contributed by atoms with Crippen LogP contribution >= 0.6 is 0 Å². The van der Waals surface area contributed by atoms with E-state index in [9.17, 15) is 4.79 Å². The fourth-order valence-electron chi connectivity index (χ4n) is 1.68. The summed E-state index contributed by atoms with van der Waals surface area (Å²) in [4.78, 5) is 10.9. The second-order valence-electron chi connectivity index (χ2n) is 4.18. The first-order chi connectivity index (χ1) is 8.66. The summed E-state index contributed by atoms with van der Waals surface area (Å²) >= 11 is 0. The van der Waals surface area contributed by atoms with Gasteiger partial charge in [-0.05, 0) is 24.6 Å². The molecule has 0 aliphatic carbocycles. The SMILES string of the molecule is Cc1[nH]ncc1CNCc1ccc(C(N)=O)cc1. The van der Waals surface area contributed by atoms with E-state index >= 15 is 0 Å². The zero-order valence-electron chi connectivity index (χ0n) is 10.2. The largest absolute Gasteiger partial charge is 0.366 e. The summed E-state index contributed by atoms with van der Waals surface area (Å²) in [5.41, 5.74) is 9.06. The van der Waals surface area contributed by atoms with Gasteiger partial charge in [0.25, 0.3) is 0 Å². The van der Waals surface area contributed by atoms with Crippen LogP contribution in [0.25, 0.3) is 0 Å². The van der Waals surface area contributed by atoms with Crippen LogP contribution in [0.4, 0.5) is 0 Å². The van der Waals surface area contributed by atoms with Gasteiger partial charge in [-0.3, -0.25) is 9.89 Å². The molecule has 5 heteroatoms. The third-order valence-corrected chi connectivity index (χ3v) is 2.82. The zero-order valence-corrected chi connectivity index (χ0v) is 10.2. The molecule has 1 aromatic heterocycles. The Morgan fingerprint density at radius 2 is 2.06 bits per heavy atom. The molecule has 0 aliphatic rings. The van der Waals surface area contributed by atoms with Crippen molar-refractivity contribution in [2.75, 3.05) is 0 Å². The summed E-state index contributed by atoms with van der Waals surface area (Å²) in [7, 11) is 0. The fourth-order valence-corrected chi connectivity index (χ4v) is 1.68. The van der Waals surface area contributed by atoms with Gasteiger partial charge in [-0.15, -0.1) is 0 Å². The molecule has 94 valence electrons. The number of aromatic nitrogens is 2. The van der Waals surface area contributed by atoms with Crippen LogP contribution in [-0.2, 0) is 13.1 Å². The molecule has 0 spiro atoms. The number of nitrogens with one attached hydrogen (secondary N) is 2. The smallest absolute Gasteiger partial charge is 0.248 e. The number of carbonyl (C=O) groups excluding carboxylic acids is 1. The molecule has 2 aromatic rings. The lowest BCUT2D eigenvalue weighted by atomic mass is 10.1. The normalized spacial score (nSPS) is 10.5. The number of rotatable bonds is 5. The Morgan fingerprint density at radius 1 is 1.33 bits per heavy atom. The van der Waals surface area contributed by atoms with E-state index in [-0.39, 0.29) is 0 Å². The summed E-state index contributed by atoms with van der Waals surface area (Å²) in [6, 6.07) is 7.27. The van der Waals surface area contributed by atoms with E-state index in [2.05, 4.69) is 15.5 Å². The summed E-state index contributed by atoms with van der Waals surface area (Å²) in [6.45, 7) is 3.50. The summed E-state index contributed by atoms with van der Waals surface area (Å²) in [6.07, 6.45) is 1.82. The van der Waals surface area contributed by atoms with Gasteiger partial charge in [-0.2, -0.15) is 5.10 Å². The monoisotopic (exact) mass is 244 g/mol. The first-order valence-corrected chi connectivity index (χ1v) is 5.75. The van der Waals surface area contributed by atoms with Gasteiger partial charge in [0.15, 0.2) is 0 Å². The van der Waals surface area contributed by atoms with Gasteiger partial charge < -0.3 is 11.1 Å². The van der Waals surface area contributed by atoms with Crippen LogP contribution in [0, 0.1) is 6.92 Å². The van der Waals surface area contributed by atoms with Crippen LogP contribution in [0.3, 0.4) is 0 Å². The summed E-state index contributed by atoms with van der Waals surface area (Å²) in [5.74, 6) is -0.400. The first kappa shape index (κ1) is 12.3. The van der Waals surface area contributed by atoms with E-state index in [0.717, 1.165) is 29.9 Å². The Morgan fingerprint density at radius 3 is 2.61 bits per heavy atom. The van der Waals surface area contributed by atoms with Crippen molar-refractivity contribution in [2.45, 2.75) is 20.0 Å². The highest BCUT2D eigenvalue weighted by Gasteiger charge is 2.01. The molecular weight excluding hydrogens is 228 g/mol. The third kappa shape index (κ3) is 2.95. The Kier molecular flexibility index (Phi) is 3.74. The highest BCUT2D eigenvalue weighted by atomic mass is 16.1. The minimum Gasteiger partial charge on any atom is -0.366 e. The molecule has 0 saturated heterocycles. The average molecular weight is 244 g/mol. The number of carbonyl (C=O) groups is 1. The summed E-state index contributed by atoms with van der Waals surface area (Å²) in [5, 5.41) is 10.2. The van der Waals surface area contributed by atoms with Crippen LogP contribution in [0.5, 0.6) is 0 Å². The number of H-pyrrole nitrogens is 1. The van der Waals surface area contributed by atoms with Crippen LogP contribution in [0.2, 0.25) is 0 Å². The molecule has 0 saturated carbocycles. The van der Waals surface area contributed by atoms with Gasteiger partial charge in [0, 0.05) is 29.9 Å². The van der Waals surface area contributed by atoms with E-state index in [4.69, 9.17) is 5.73 Å². The molecule has 0 bridgehead atoms. The van der Waals surface area contributed by atoms with Crippen LogP contribution < -0.4 is 11.1 Å². The standard InChI is InChI=1S/C13H16N4O/c1-9-12(8-16-17-9)7-15-6-10-2-4-11(5-3-10)13(14)18/h2-5,8,15H,6-7H2,1H3,(H2,14,18)(H,16,17). The number of benzene rings is 1. The van der Waals surface area contributed by atoms with Crippen LogP contribution in [0.1, 0.15) is 27.2 Å². The maximum absolute atomic E-state index is 10.9. The van der Waals surface area contributed by atoms with Crippen molar-refractivity contribution in [3.05, 3.63) is 52.8 Å².